The summed E-state index contributed by atoms with van der Waals surface area (Å²) in [5.41, 5.74) is 8.87. The van der Waals surface area contributed by atoms with Gasteiger partial charge in [-0.05, 0) is 44.3 Å². The van der Waals surface area contributed by atoms with E-state index in [1.165, 1.54) is 12.1 Å². The quantitative estimate of drug-likeness (QED) is 0.310. The van der Waals surface area contributed by atoms with E-state index in [9.17, 15) is 16.8 Å². The third-order valence-corrected chi connectivity index (χ3v) is 8.49. The fraction of sp³-hybridized carbons (Fsp3) is 0.647. The molecule has 2 saturated heterocycles. The lowest BCUT2D eigenvalue weighted by molar-refractivity contribution is -0.0999. The molecule has 0 saturated carbocycles. The highest BCUT2D eigenvalue weighted by atomic mass is 32.2. The molecule has 0 spiro atoms. The Morgan fingerprint density at radius 1 is 1.09 bits per heavy atom. The molecule has 0 radical (unpaired) electrons. The van der Waals surface area contributed by atoms with Gasteiger partial charge in [0.2, 0.25) is 25.8 Å². The number of benzene rings is 1. The number of hydrogen-bond acceptors (Lipinski definition) is 11. The number of hydrogen-bond donors (Lipinski definition) is 5. The third kappa shape index (κ3) is 4.03. The molecule has 3 aliphatic heterocycles. The van der Waals surface area contributed by atoms with Crippen LogP contribution in [0.3, 0.4) is 0 Å². The zero-order valence-electron chi connectivity index (χ0n) is 17.5. The van der Waals surface area contributed by atoms with E-state index in [0.717, 1.165) is 31.9 Å². The van der Waals surface area contributed by atoms with Gasteiger partial charge in [-0.3, -0.25) is 4.90 Å². The summed E-state index contributed by atoms with van der Waals surface area (Å²) in [6.45, 7) is 3.07. The molecule has 0 bridgehead atoms. The normalized spacial score (nSPS) is 28.3. The largest absolute Gasteiger partial charge is 0.330 e. The van der Waals surface area contributed by atoms with Crippen molar-refractivity contribution in [3.05, 3.63) is 23.8 Å². The van der Waals surface area contributed by atoms with Crippen molar-refractivity contribution in [3.8, 4) is 0 Å². The predicted molar refractivity (Wildman–Crippen MR) is 115 cm³/mol. The van der Waals surface area contributed by atoms with Crippen molar-refractivity contribution in [2.24, 2.45) is 32.3 Å². The molecule has 1 aromatic carbocycles. The summed E-state index contributed by atoms with van der Waals surface area (Å²) in [5, 5.41) is 24.5. The van der Waals surface area contributed by atoms with Gasteiger partial charge in [0.25, 0.3) is 0 Å². The highest BCUT2D eigenvalue weighted by Gasteiger charge is 2.54. The van der Waals surface area contributed by atoms with Crippen LogP contribution in [0.25, 0.3) is 0 Å². The first-order chi connectivity index (χ1) is 15.1. The van der Waals surface area contributed by atoms with E-state index in [-0.39, 0.29) is 11.6 Å². The van der Waals surface area contributed by atoms with Crippen LogP contribution in [-0.2, 0) is 25.8 Å². The first-order valence-electron chi connectivity index (χ1n) is 10.4. The minimum absolute atomic E-state index is 0.0799. The Balaban J connectivity index is 1.95. The lowest BCUT2D eigenvalue weighted by Gasteiger charge is -2.47. The van der Waals surface area contributed by atoms with Crippen molar-refractivity contribution in [3.63, 3.8) is 0 Å². The smallest absolute Gasteiger partial charge is 0.239 e. The van der Waals surface area contributed by atoms with Gasteiger partial charge >= 0.3 is 0 Å². The fourth-order valence-corrected chi connectivity index (χ4v) is 7.00. The zero-order valence-corrected chi connectivity index (χ0v) is 19.1. The van der Waals surface area contributed by atoms with Crippen molar-refractivity contribution in [1.29, 1.82) is 0 Å². The first-order valence-corrected chi connectivity index (χ1v) is 13.5. The molecule has 2 atom stereocenters. The molecule has 15 heteroatoms. The monoisotopic (exact) mass is 487 g/mol. The van der Waals surface area contributed by atoms with Gasteiger partial charge in [0.15, 0.2) is 0 Å². The topological polar surface area (TPSA) is 202 Å². The molecule has 0 aromatic heterocycles. The second-order valence-electron chi connectivity index (χ2n) is 8.34. The number of likely N-dealkylation sites (tertiary alicyclic amines) is 1. The van der Waals surface area contributed by atoms with E-state index >= 15 is 0 Å². The Labute approximate surface area is 187 Å². The van der Waals surface area contributed by atoms with E-state index in [1.54, 1.807) is 5.01 Å². The Bertz CT molecular complexity index is 1100. The van der Waals surface area contributed by atoms with Crippen LogP contribution in [0, 0.1) is 5.92 Å². The molecule has 3 heterocycles. The second-order valence-corrected chi connectivity index (χ2v) is 11.4. The third-order valence-electron chi connectivity index (χ3n) is 6.40. The maximum absolute atomic E-state index is 12.7. The number of sulfonamides is 2. The number of piperidine rings is 1. The molecule has 0 aliphatic carbocycles. The van der Waals surface area contributed by atoms with Gasteiger partial charge in [-0.15, -0.1) is 5.11 Å². The van der Waals surface area contributed by atoms with Crippen molar-refractivity contribution in [1.82, 2.24) is 20.8 Å². The average Bonchev–Trinajstić information content (AvgIpc) is 3.42. The van der Waals surface area contributed by atoms with Crippen LogP contribution < -0.4 is 26.9 Å². The van der Waals surface area contributed by atoms with Crippen molar-refractivity contribution in [2.45, 2.75) is 40.9 Å². The summed E-state index contributed by atoms with van der Waals surface area (Å²) in [4.78, 5) is 0.861. The maximum Gasteiger partial charge on any atom is 0.239 e. The van der Waals surface area contributed by atoms with Gasteiger partial charge in [-0.1, -0.05) is 17.4 Å². The molecule has 0 amide bonds. The van der Waals surface area contributed by atoms with Gasteiger partial charge in [-0.25, -0.2) is 32.6 Å². The van der Waals surface area contributed by atoms with E-state index in [2.05, 4.69) is 21.2 Å². The first kappa shape index (κ1) is 23.4. The van der Waals surface area contributed by atoms with Crippen LogP contribution in [0.15, 0.2) is 38.3 Å². The van der Waals surface area contributed by atoms with Gasteiger partial charge in [-0.2, -0.15) is 5.01 Å². The van der Waals surface area contributed by atoms with E-state index < -0.39 is 35.6 Å². The van der Waals surface area contributed by atoms with E-state index in [1.807, 2.05) is 4.90 Å². The number of nitrogens with two attached hydrogens (primary N) is 3. The summed E-state index contributed by atoms with van der Waals surface area (Å²) in [5.74, 6) is -1.08. The van der Waals surface area contributed by atoms with Crippen LogP contribution in [0.5, 0.6) is 0 Å². The van der Waals surface area contributed by atoms with Crippen molar-refractivity contribution < 1.29 is 16.8 Å². The van der Waals surface area contributed by atoms with Crippen LogP contribution in [-0.4, -0.2) is 65.5 Å². The molecule has 1 unspecified atom stereocenters. The Morgan fingerprint density at radius 3 is 2.38 bits per heavy atom. The molecule has 32 heavy (non-hydrogen) atoms. The minimum atomic E-state index is -4.50. The summed E-state index contributed by atoms with van der Waals surface area (Å²) < 4.78 is 50.1. The fourth-order valence-electron chi connectivity index (χ4n) is 4.80. The molecule has 13 nitrogen and oxygen atoms in total. The van der Waals surface area contributed by atoms with Gasteiger partial charge in [0.05, 0.1) is 0 Å². The van der Waals surface area contributed by atoms with Gasteiger partial charge < -0.3 is 11.1 Å². The number of rotatable bonds is 6. The lowest BCUT2D eigenvalue weighted by Crippen LogP contribution is -2.63. The minimum Gasteiger partial charge on any atom is -0.330 e. The van der Waals surface area contributed by atoms with Gasteiger partial charge in [0, 0.05) is 31.2 Å². The van der Waals surface area contributed by atoms with Crippen LogP contribution in [0.1, 0.15) is 24.8 Å². The summed E-state index contributed by atoms with van der Waals surface area (Å²) in [7, 11) is -8.89. The summed E-state index contributed by atoms with van der Waals surface area (Å²) in [6.07, 6.45) is 2.33. The predicted octanol–water partition coefficient (Wildman–Crippen LogP) is -1.69. The summed E-state index contributed by atoms with van der Waals surface area (Å²) in [6, 6.07) is 4.01. The van der Waals surface area contributed by atoms with E-state index in [0.29, 0.717) is 32.1 Å². The number of primary sulfonamides is 2. The second kappa shape index (κ2) is 8.57. The number of nitrogens with zero attached hydrogens (tertiary/aromatic N) is 4. The molecule has 4 rings (SSSR count). The highest BCUT2D eigenvalue weighted by molar-refractivity contribution is 7.92. The molecule has 8 N–H and O–H groups in total. The Morgan fingerprint density at radius 2 is 1.81 bits per heavy atom. The number of hydrazine groups is 1. The molecular formula is C17H29N9O4S2. The van der Waals surface area contributed by atoms with E-state index in [4.69, 9.17) is 16.0 Å². The van der Waals surface area contributed by atoms with Crippen molar-refractivity contribution in [2.75, 3.05) is 32.7 Å². The molecular weight excluding hydrogens is 458 g/mol. The SMILES string of the molecule is NCC1CCN([C@@]2(c3cccc(S(N)(=O)=O)c3S(N)(=O)=O)N=NNN2C2CCNC2)CC1. The number of nitrogens with one attached hydrogen (secondary N) is 2. The standard InChI is InChI=1S/C17H29N9O4S2/c18-10-12-5-8-25(9-6-12)17(22-23-24-26(17)13-4-7-21-11-13)14-2-1-3-15(31(19,27)28)16(14)32(20,29)30/h1-3,12-13,21H,4-11,18H2,(H,22,24)(H2,19,27,28)(H2,20,29,30)/t13?,17-/m1/s1. The Kier molecular flexibility index (Phi) is 6.28. The average molecular weight is 488 g/mol. The summed E-state index contributed by atoms with van der Waals surface area (Å²) >= 11 is 0. The molecule has 2 fully saturated rings. The Hall–Kier alpha value is -1.72. The van der Waals surface area contributed by atoms with Crippen molar-refractivity contribution >= 4 is 20.0 Å². The van der Waals surface area contributed by atoms with Gasteiger partial charge in [0.1, 0.15) is 9.79 Å². The molecule has 3 aliphatic rings. The molecule has 1 aromatic rings. The zero-order chi connectivity index (χ0) is 23.1. The molecule has 178 valence electrons. The lowest BCUT2D eigenvalue weighted by atomic mass is 9.93. The van der Waals surface area contributed by atoms with Crippen LogP contribution in [0.4, 0.5) is 0 Å². The maximum atomic E-state index is 12.7. The van der Waals surface area contributed by atoms with Crippen LogP contribution in [0.2, 0.25) is 0 Å². The van der Waals surface area contributed by atoms with Crippen LogP contribution >= 0.6 is 0 Å². The highest BCUT2D eigenvalue weighted by Crippen LogP contribution is 2.44.